The molecule has 0 fully saturated rings. The van der Waals surface area contributed by atoms with E-state index in [-0.39, 0.29) is 5.91 Å². The summed E-state index contributed by atoms with van der Waals surface area (Å²) in [6.45, 7) is 3.50. The Bertz CT molecular complexity index is 700. The Labute approximate surface area is 141 Å². The molecule has 0 saturated heterocycles. The van der Waals surface area contributed by atoms with Gasteiger partial charge in [0.2, 0.25) is 0 Å². The van der Waals surface area contributed by atoms with Crippen molar-refractivity contribution in [2.24, 2.45) is 5.10 Å². The summed E-state index contributed by atoms with van der Waals surface area (Å²) in [5.41, 5.74) is 3.25. The van der Waals surface area contributed by atoms with Gasteiger partial charge < -0.3 is 9.15 Å². The van der Waals surface area contributed by atoms with Crippen molar-refractivity contribution in [2.75, 3.05) is 0 Å². The molecule has 0 aliphatic rings. The summed E-state index contributed by atoms with van der Waals surface area (Å²) in [7, 11) is 0. The van der Waals surface area contributed by atoms with Crippen molar-refractivity contribution >= 4 is 39.7 Å². The molecule has 0 radical (unpaired) electrons. The maximum atomic E-state index is 11.9. The van der Waals surface area contributed by atoms with Crippen LogP contribution in [0.4, 0.5) is 0 Å². The topological polar surface area (TPSA) is 63.8 Å². The number of hydrogen-bond donors (Lipinski definition) is 1. The molecule has 0 aliphatic heterocycles. The van der Waals surface area contributed by atoms with Gasteiger partial charge >= 0.3 is 0 Å². The van der Waals surface area contributed by atoms with Crippen molar-refractivity contribution in [2.45, 2.75) is 20.0 Å². The van der Waals surface area contributed by atoms with E-state index in [0.717, 1.165) is 5.56 Å². The minimum Gasteiger partial charge on any atom is -0.481 e. The molecule has 0 saturated carbocycles. The van der Waals surface area contributed by atoms with Crippen LogP contribution in [0.25, 0.3) is 0 Å². The molecule has 1 N–H and O–H groups in total. The molecule has 1 aromatic heterocycles. The van der Waals surface area contributed by atoms with Gasteiger partial charge in [-0.05, 0) is 65.7 Å². The third-order valence-electron chi connectivity index (χ3n) is 2.77. The van der Waals surface area contributed by atoms with E-state index in [2.05, 4.69) is 26.5 Å². The first kappa shape index (κ1) is 16.6. The van der Waals surface area contributed by atoms with Crippen molar-refractivity contribution in [3.05, 3.63) is 51.3 Å². The molecule has 2 aromatic rings. The van der Waals surface area contributed by atoms with E-state index in [1.807, 2.05) is 6.92 Å². The Morgan fingerprint density at radius 3 is 2.86 bits per heavy atom. The van der Waals surface area contributed by atoms with Crippen LogP contribution in [-0.4, -0.2) is 18.2 Å². The molecule has 1 amide bonds. The highest BCUT2D eigenvalue weighted by molar-refractivity contribution is 9.10. The largest absolute Gasteiger partial charge is 0.481 e. The Morgan fingerprint density at radius 1 is 1.45 bits per heavy atom. The highest BCUT2D eigenvalue weighted by Crippen LogP contribution is 2.22. The second-order valence-electron chi connectivity index (χ2n) is 4.55. The summed E-state index contributed by atoms with van der Waals surface area (Å²) in [6, 6.07) is 8.66. The summed E-state index contributed by atoms with van der Waals surface area (Å²) in [4.78, 5) is 11.9. The van der Waals surface area contributed by atoms with Crippen LogP contribution in [0.2, 0.25) is 5.02 Å². The molecule has 0 aliphatic carbocycles. The first-order valence-corrected chi connectivity index (χ1v) is 7.64. The zero-order valence-electron chi connectivity index (χ0n) is 12.0. The second-order valence-corrected chi connectivity index (χ2v) is 5.76. The SMILES string of the molecule is Cc1cc(Cl)ccc1OC(C)C(=O)N/N=C/c1ccc(Br)o1. The molecule has 0 spiro atoms. The van der Waals surface area contributed by atoms with Crippen LogP contribution in [0, 0.1) is 6.92 Å². The van der Waals surface area contributed by atoms with E-state index >= 15 is 0 Å². The lowest BCUT2D eigenvalue weighted by Crippen LogP contribution is -2.33. The zero-order chi connectivity index (χ0) is 16.1. The van der Waals surface area contributed by atoms with Crippen molar-refractivity contribution < 1.29 is 13.9 Å². The maximum Gasteiger partial charge on any atom is 0.280 e. The van der Waals surface area contributed by atoms with Crippen LogP contribution in [0.15, 0.2) is 44.5 Å². The smallest absolute Gasteiger partial charge is 0.280 e. The summed E-state index contributed by atoms with van der Waals surface area (Å²) in [5, 5.41) is 4.44. The number of rotatable bonds is 5. The minimum atomic E-state index is -0.694. The van der Waals surface area contributed by atoms with E-state index in [0.29, 0.717) is 21.2 Å². The molecular weight excluding hydrogens is 372 g/mol. The zero-order valence-corrected chi connectivity index (χ0v) is 14.3. The predicted molar refractivity (Wildman–Crippen MR) is 88.4 cm³/mol. The lowest BCUT2D eigenvalue weighted by Gasteiger charge is -2.14. The predicted octanol–water partition coefficient (Wildman–Crippen LogP) is 3.92. The van der Waals surface area contributed by atoms with Gasteiger partial charge in [-0.15, -0.1) is 0 Å². The molecule has 1 aromatic carbocycles. The van der Waals surface area contributed by atoms with E-state index < -0.39 is 6.10 Å². The van der Waals surface area contributed by atoms with Crippen LogP contribution in [0.5, 0.6) is 5.75 Å². The quantitative estimate of drug-likeness (QED) is 0.627. The Kier molecular flexibility index (Phi) is 5.63. The van der Waals surface area contributed by atoms with E-state index in [9.17, 15) is 4.79 Å². The van der Waals surface area contributed by atoms with Crippen LogP contribution in [0.3, 0.4) is 0 Å². The van der Waals surface area contributed by atoms with Crippen molar-refractivity contribution in [1.82, 2.24) is 5.43 Å². The Hall–Kier alpha value is -1.79. The molecule has 1 atom stereocenters. The third-order valence-corrected chi connectivity index (χ3v) is 3.43. The van der Waals surface area contributed by atoms with Gasteiger partial charge in [-0.25, -0.2) is 5.43 Å². The van der Waals surface area contributed by atoms with Gasteiger partial charge in [0.05, 0.1) is 6.21 Å². The van der Waals surface area contributed by atoms with Gasteiger partial charge in [-0.1, -0.05) is 11.6 Å². The number of amides is 1. The highest BCUT2D eigenvalue weighted by Gasteiger charge is 2.15. The molecule has 2 rings (SSSR count). The van der Waals surface area contributed by atoms with Gasteiger partial charge in [0, 0.05) is 5.02 Å². The number of ether oxygens (including phenoxy) is 1. The monoisotopic (exact) mass is 384 g/mol. The van der Waals surface area contributed by atoms with E-state index in [4.69, 9.17) is 20.8 Å². The number of nitrogens with one attached hydrogen (secondary N) is 1. The number of carbonyl (C=O) groups is 1. The van der Waals surface area contributed by atoms with Crippen LogP contribution in [0.1, 0.15) is 18.2 Å². The average molecular weight is 386 g/mol. The minimum absolute atomic E-state index is 0.365. The Morgan fingerprint density at radius 2 is 2.23 bits per heavy atom. The van der Waals surface area contributed by atoms with E-state index in [1.165, 1.54) is 6.21 Å². The first-order chi connectivity index (χ1) is 10.5. The van der Waals surface area contributed by atoms with Crippen LogP contribution < -0.4 is 10.2 Å². The summed E-state index contributed by atoms with van der Waals surface area (Å²) >= 11 is 9.06. The van der Waals surface area contributed by atoms with Gasteiger partial charge in [-0.2, -0.15) is 5.10 Å². The normalized spacial score (nSPS) is 12.4. The van der Waals surface area contributed by atoms with E-state index in [1.54, 1.807) is 37.3 Å². The number of nitrogens with zero attached hydrogens (tertiary/aromatic N) is 1. The lowest BCUT2D eigenvalue weighted by molar-refractivity contribution is -0.127. The molecule has 0 bridgehead atoms. The molecular formula is C15H14BrClN2O3. The number of halogens is 2. The van der Waals surface area contributed by atoms with Crippen LogP contribution >= 0.6 is 27.5 Å². The van der Waals surface area contributed by atoms with Crippen molar-refractivity contribution in [1.29, 1.82) is 0 Å². The molecule has 7 heteroatoms. The lowest BCUT2D eigenvalue weighted by atomic mass is 10.2. The molecule has 116 valence electrons. The summed E-state index contributed by atoms with van der Waals surface area (Å²) in [6.07, 6.45) is 0.712. The second kappa shape index (κ2) is 7.47. The van der Waals surface area contributed by atoms with Gasteiger partial charge in [0.1, 0.15) is 11.5 Å². The molecule has 5 nitrogen and oxygen atoms in total. The first-order valence-electron chi connectivity index (χ1n) is 6.47. The molecule has 1 unspecified atom stereocenters. The highest BCUT2D eigenvalue weighted by atomic mass is 79.9. The van der Waals surface area contributed by atoms with Crippen LogP contribution in [-0.2, 0) is 4.79 Å². The van der Waals surface area contributed by atoms with Gasteiger partial charge in [-0.3, -0.25) is 4.79 Å². The van der Waals surface area contributed by atoms with Gasteiger partial charge in [0.25, 0.3) is 5.91 Å². The number of benzene rings is 1. The third kappa shape index (κ3) is 4.61. The molecule has 22 heavy (non-hydrogen) atoms. The van der Waals surface area contributed by atoms with Crippen molar-refractivity contribution in [3.63, 3.8) is 0 Å². The standard InChI is InChI=1S/C15H14BrClN2O3/c1-9-7-11(17)3-5-13(9)21-10(2)15(20)19-18-8-12-4-6-14(16)22-12/h3-8,10H,1-2H3,(H,19,20)/b18-8+. The van der Waals surface area contributed by atoms with Crippen molar-refractivity contribution in [3.8, 4) is 5.75 Å². The molecule has 1 heterocycles. The number of furan rings is 1. The summed E-state index contributed by atoms with van der Waals surface area (Å²) < 4.78 is 11.4. The fraction of sp³-hybridized carbons (Fsp3) is 0.200. The van der Waals surface area contributed by atoms with Gasteiger partial charge in [0.15, 0.2) is 10.8 Å². The Balaban J connectivity index is 1.90. The fourth-order valence-corrected chi connectivity index (χ4v) is 2.18. The fourth-order valence-electron chi connectivity index (χ4n) is 1.64. The maximum absolute atomic E-state index is 11.9. The number of hydrogen-bond acceptors (Lipinski definition) is 4. The number of hydrazone groups is 1. The summed E-state index contributed by atoms with van der Waals surface area (Å²) in [5.74, 6) is 0.761. The number of aryl methyl sites for hydroxylation is 1. The average Bonchev–Trinajstić information content (AvgIpc) is 2.87. The number of carbonyl (C=O) groups excluding carboxylic acids is 1.